The summed E-state index contributed by atoms with van der Waals surface area (Å²) >= 11 is 5.86. The molecule has 1 atom stereocenters. The third-order valence-electron chi connectivity index (χ3n) is 4.95. The highest BCUT2D eigenvalue weighted by atomic mass is 35.5. The van der Waals surface area contributed by atoms with Gasteiger partial charge in [0.1, 0.15) is 0 Å². The number of hydrogen-bond donors (Lipinski definition) is 1. The summed E-state index contributed by atoms with van der Waals surface area (Å²) in [5.41, 5.74) is 1.02. The van der Waals surface area contributed by atoms with Crippen LogP contribution in [-0.2, 0) is 10.0 Å². The first-order valence-corrected chi connectivity index (χ1v) is 11.0. The molecule has 0 radical (unpaired) electrons. The summed E-state index contributed by atoms with van der Waals surface area (Å²) in [4.78, 5) is 9.15. The fourth-order valence-corrected chi connectivity index (χ4v) is 4.47. The Bertz CT molecular complexity index is 823. The Labute approximate surface area is 166 Å². The molecule has 1 aromatic heterocycles. The van der Waals surface area contributed by atoms with Gasteiger partial charge in [-0.25, -0.2) is 13.1 Å². The average Bonchev–Trinajstić information content (AvgIpc) is 2.70. The van der Waals surface area contributed by atoms with Crippen molar-refractivity contribution in [3.8, 4) is 0 Å². The number of hydrogen-bond acceptors (Lipinski definition) is 5. The fourth-order valence-electron chi connectivity index (χ4n) is 3.31. The zero-order valence-electron chi connectivity index (χ0n) is 15.4. The quantitative estimate of drug-likeness (QED) is 0.762. The van der Waals surface area contributed by atoms with Gasteiger partial charge >= 0.3 is 0 Å². The first-order valence-electron chi connectivity index (χ1n) is 9.11. The predicted octanol–water partition coefficient (Wildman–Crippen LogP) is 2.39. The van der Waals surface area contributed by atoms with E-state index in [1.807, 2.05) is 18.3 Å². The van der Waals surface area contributed by atoms with E-state index in [1.165, 1.54) is 12.1 Å². The van der Waals surface area contributed by atoms with E-state index in [2.05, 4.69) is 26.4 Å². The number of piperazine rings is 1. The van der Waals surface area contributed by atoms with Crippen molar-refractivity contribution in [1.29, 1.82) is 0 Å². The minimum absolute atomic E-state index is 0.0558. The number of likely N-dealkylation sites (N-methyl/N-ethyl adjacent to an activating group) is 1. The predicted molar refractivity (Wildman–Crippen MR) is 107 cm³/mol. The summed E-state index contributed by atoms with van der Waals surface area (Å²) in [5, 5.41) is 0.510. The highest BCUT2D eigenvalue weighted by Gasteiger charge is 2.26. The van der Waals surface area contributed by atoms with E-state index in [-0.39, 0.29) is 10.9 Å². The number of nitrogens with one attached hydrogen (secondary N) is 1. The van der Waals surface area contributed by atoms with Crippen LogP contribution >= 0.6 is 11.6 Å². The van der Waals surface area contributed by atoms with E-state index in [1.54, 1.807) is 18.3 Å². The Morgan fingerprint density at radius 1 is 1.15 bits per heavy atom. The summed E-state index contributed by atoms with van der Waals surface area (Å²) in [5.74, 6) is 0. The van der Waals surface area contributed by atoms with Gasteiger partial charge in [0.25, 0.3) is 0 Å². The second-order valence-corrected chi connectivity index (χ2v) is 8.78. The molecule has 3 rings (SSSR count). The van der Waals surface area contributed by atoms with Crippen LogP contribution in [0.1, 0.15) is 18.5 Å². The molecule has 8 heteroatoms. The van der Waals surface area contributed by atoms with Crippen molar-refractivity contribution in [2.24, 2.45) is 0 Å². The summed E-state index contributed by atoms with van der Waals surface area (Å²) in [6.45, 7) is 7.26. The Balaban J connectivity index is 1.75. The summed E-state index contributed by atoms with van der Waals surface area (Å²) in [6.07, 6.45) is 3.54. The van der Waals surface area contributed by atoms with Crippen molar-refractivity contribution in [1.82, 2.24) is 19.5 Å². The van der Waals surface area contributed by atoms with Crippen molar-refractivity contribution in [2.45, 2.75) is 17.9 Å². The Kier molecular flexibility index (Phi) is 6.83. The van der Waals surface area contributed by atoms with Gasteiger partial charge in [0, 0.05) is 56.2 Å². The molecule has 1 fully saturated rings. The lowest BCUT2D eigenvalue weighted by atomic mass is 10.1. The molecule has 0 spiro atoms. The van der Waals surface area contributed by atoms with Gasteiger partial charge in [-0.05, 0) is 42.4 Å². The summed E-state index contributed by atoms with van der Waals surface area (Å²) in [7, 11) is -3.60. The monoisotopic (exact) mass is 408 g/mol. The van der Waals surface area contributed by atoms with Crippen molar-refractivity contribution >= 4 is 21.6 Å². The lowest BCUT2D eigenvalue weighted by molar-refractivity contribution is 0.100. The Hall–Kier alpha value is -1.51. The minimum Gasteiger partial charge on any atom is -0.301 e. The molecule has 1 aliphatic heterocycles. The topological polar surface area (TPSA) is 65.5 Å². The highest BCUT2D eigenvalue weighted by Crippen LogP contribution is 2.22. The lowest BCUT2D eigenvalue weighted by Crippen LogP contribution is -2.49. The maximum absolute atomic E-state index is 12.7. The summed E-state index contributed by atoms with van der Waals surface area (Å²) < 4.78 is 28.1. The van der Waals surface area contributed by atoms with E-state index < -0.39 is 10.0 Å². The molecule has 1 N–H and O–H groups in total. The van der Waals surface area contributed by atoms with Crippen LogP contribution in [0.4, 0.5) is 0 Å². The number of benzene rings is 1. The minimum atomic E-state index is -3.60. The first kappa shape index (κ1) is 20.2. The third kappa shape index (κ3) is 5.27. The van der Waals surface area contributed by atoms with Crippen LogP contribution < -0.4 is 4.72 Å². The maximum Gasteiger partial charge on any atom is 0.240 e. The van der Waals surface area contributed by atoms with Crippen LogP contribution in [0.5, 0.6) is 0 Å². The number of pyridine rings is 1. The Morgan fingerprint density at radius 3 is 2.44 bits per heavy atom. The van der Waals surface area contributed by atoms with Gasteiger partial charge in [0.05, 0.1) is 4.90 Å². The standard InChI is InChI=1S/C19H25ClN4O2S/c1-2-23-10-12-24(13-11-23)19(16-4-3-9-21-14-16)15-22-27(25,26)18-7-5-17(20)6-8-18/h3-9,14,19,22H,2,10-13,15H2,1H3/t19-/m1/s1. The first-order chi connectivity index (χ1) is 13.0. The van der Waals surface area contributed by atoms with Crippen LogP contribution in [0.25, 0.3) is 0 Å². The number of rotatable bonds is 7. The zero-order chi connectivity index (χ0) is 19.3. The number of nitrogens with zero attached hydrogens (tertiary/aromatic N) is 3. The zero-order valence-corrected chi connectivity index (χ0v) is 17.0. The Morgan fingerprint density at radius 2 is 1.85 bits per heavy atom. The molecule has 0 amide bonds. The van der Waals surface area contributed by atoms with Crippen LogP contribution in [0.2, 0.25) is 5.02 Å². The van der Waals surface area contributed by atoms with Crippen LogP contribution in [0.15, 0.2) is 53.7 Å². The smallest absolute Gasteiger partial charge is 0.240 e. The van der Waals surface area contributed by atoms with Gasteiger partial charge in [0.2, 0.25) is 10.0 Å². The van der Waals surface area contributed by atoms with Crippen molar-refractivity contribution in [3.05, 3.63) is 59.4 Å². The molecule has 0 unspecified atom stereocenters. The van der Waals surface area contributed by atoms with Crippen molar-refractivity contribution < 1.29 is 8.42 Å². The molecule has 2 aromatic rings. The van der Waals surface area contributed by atoms with Gasteiger partial charge in [-0.3, -0.25) is 9.88 Å². The summed E-state index contributed by atoms with van der Waals surface area (Å²) in [6, 6.07) is 10.0. The number of sulfonamides is 1. The van der Waals surface area contributed by atoms with E-state index in [0.717, 1.165) is 38.3 Å². The normalized spacial score (nSPS) is 17.7. The molecule has 0 bridgehead atoms. The second kappa shape index (κ2) is 9.12. The highest BCUT2D eigenvalue weighted by molar-refractivity contribution is 7.89. The molecule has 1 aliphatic rings. The molecule has 1 saturated heterocycles. The fraction of sp³-hybridized carbons (Fsp3) is 0.421. The molecule has 6 nitrogen and oxygen atoms in total. The average molecular weight is 409 g/mol. The van der Waals surface area contributed by atoms with Crippen LogP contribution in [0.3, 0.4) is 0 Å². The van der Waals surface area contributed by atoms with Gasteiger partial charge in [0.15, 0.2) is 0 Å². The van der Waals surface area contributed by atoms with Crippen molar-refractivity contribution in [3.63, 3.8) is 0 Å². The number of halogens is 1. The van der Waals surface area contributed by atoms with Crippen molar-refractivity contribution in [2.75, 3.05) is 39.3 Å². The molecule has 146 valence electrons. The third-order valence-corrected chi connectivity index (χ3v) is 6.65. The SMILES string of the molecule is CCN1CCN([C@H](CNS(=O)(=O)c2ccc(Cl)cc2)c2cccnc2)CC1. The molecular formula is C19H25ClN4O2S. The lowest BCUT2D eigenvalue weighted by Gasteiger charge is -2.39. The van der Waals surface area contributed by atoms with E-state index in [4.69, 9.17) is 11.6 Å². The van der Waals surface area contributed by atoms with E-state index in [9.17, 15) is 8.42 Å². The molecule has 27 heavy (non-hydrogen) atoms. The molecular weight excluding hydrogens is 384 g/mol. The van der Waals surface area contributed by atoms with Gasteiger partial charge in [-0.2, -0.15) is 0 Å². The van der Waals surface area contributed by atoms with E-state index in [0.29, 0.717) is 11.6 Å². The number of aromatic nitrogens is 1. The maximum atomic E-state index is 12.7. The van der Waals surface area contributed by atoms with Crippen LogP contribution in [-0.4, -0.2) is 62.5 Å². The molecule has 1 aromatic carbocycles. The van der Waals surface area contributed by atoms with Gasteiger partial charge < -0.3 is 4.90 Å². The largest absolute Gasteiger partial charge is 0.301 e. The molecule has 2 heterocycles. The van der Waals surface area contributed by atoms with Gasteiger partial charge in [-0.15, -0.1) is 0 Å². The molecule has 0 aliphatic carbocycles. The van der Waals surface area contributed by atoms with Gasteiger partial charge in [-0.1, -0.05) is 24.6 Å². The van der Waals surface area contributed by atoms with Crippen LogP contribution in [0, 0.1) is 0 Å². The second-order valence-electron chi connectivity index (χ2n) is 6.58. The van der Waals surface area contributed by atoms with E-state index >= 15 is 0 Å². The molecule has 0 saturated carbocycles.